The molecule has 0 bridgehead atoms. The smallest absolute Gasteiger partial charge is 0.245 e. The minimum atomic E-state index is -4.04. The minimum absolute atomic E-state index is 0. The number of fused-ring (bicyclic) bond motifs is 1. The SMILES string of the molecule is CC1(CC(=O)c2cc3c(cc2F)S(=O)(=O)C[C@H](N)C(=O)N3Cc2ccc(Cl)cc2)CC1.Cl. The second-order valence-corrected chi connectivity index (χ2v) is 11.1. The predicted octanol–water partition coefficient (Wildman–Crippen LogP) is 3.92. The number of hydrogen-bond donors (Lipinski definition) is 1. The van der Waals surface area contributed by atoms with Crippen LogP contribution in [0.4, 0.5) is 10.1 Å². The van der Waals surface area contributed by atoms with Crippen LogP contribution in [0.3, 0.4) is 0 Å². The minimum Gasteiger partial charge on any atom is -0.319 e. The van der Waals surface area contributed by atoms with Gasteiger partial charge in [0.2, 0.25) is 5.91 Å². The fourth-order valence-electron chi connectivity index (χ4n) is 3.74. The number of carbonyl (C=O) groups is 2. The van der Waals surface area contributed by atoms with E-state index in [1.807, 2.05) is 6.92 Å². The van der Waals surface area contributed by atoms with Crippen LogP contribution in [0.1, 0.15) is 42.1 Å². The molecular formula is C22H23Cl2FN2O4S. The summed E-state index contributed by atoms with van der Waals surface area (Å²) < 4.78 is 40.5. The van der Waals surface area contributed by atoms with E-state index in [0.717, 1.165) is 18.9 Å². The molecule has 0 unspecified atom stereocenters. The van der Waals surface area contributed by atoms with Gasteiger partial charge in [-0.05, 0) is 48.1 Å². The third kappa shape index (κ3) is 4.83. The first-order valence-electron chi connectivity index (χ1n) is 9.90. The first-order valence-corrected chi connectivity index (χ1v) is 11.9. The van der Waals surface area contributed by atoms with Crippen molar-refractivity contribution in [3.63, 3.8) is 0 Å². The highest BCUT2D eigenvalue weighted by Gasteiger charge is 2.41. The van der Waals surface area contributed by atoms with Crippen LogP contribution >= 0.6 is 24.0 Å². The van der Waals surface area contributed by atoms with E-state index < -0.39 is 39.1 Å². The van der Waals surface area contributed by atoms with Crippen molar-refractivity contribution < 1.29 is 22.4 Å². The molecule has 1 amide bonds. The highest BCUT2D eigenvalue weighted by molar-refractivity contribution is 7.91. The average molecular weight is 501 g/mol. The van der Waals surface area contributed by atoms with Crippen LogP contribution < -0.4 is 10.6 Å². The lowest BCUT2D eigenvalue weighted by molar-refractivity contribution is -0.119. The molecule has 1 aliphatic heterocycles. The van der Waals surface area contributed by atoms with E-state index in [0.29, 0.717) is 10.6 Å². The molecule has 0 spiro atoms. The molecule has 1 fully saturated rings. The Kier molecular flexibility index (Phi) is 6.73. The number of carbonyl (C=O) groups excluding carboxylic acids is 2. The Bertz CT molecular complexity index is 1180. The fourth-order valence-corrected chi connectivity index (χ4v) is 5.43. The number of ketones is 1. The van der Waals surface area contributed by atoms with Gasteiger partial charge < -0.3 is 10.6 Å². The average Bonchev–Trinajstić information content (AvgIpc) is 3.43. The summed E-state index contributed by atoms with van der Waals surface area (Å²) in [6, 6.07) is 7.40. The third-order valence-electron chi connectivity index (χ3n) is 5.90. The van der Waals surface area contributed by atoms with Crippen LogP contribution in [-0.4, -0.2) is 31.9 Å². The van der Waals surface area contributed by atoms with Gasteiger partial charge in [-0.1, -0.05) is 30.7 Å². The van der Waals surface area contributed by atoms with Crippen LogP contribution in [0.5, 0.6) is 0 Å². The largest absolute Gasteiger partial charge is 0.319 e. The molecule has 0 radical (unpaired) electrons. The number of amides is 1. The molecule has 4 rings (SSSR count). The lowest BCUT2D eigenvalue weighted by Gasteiger charge is -2.25. The van der Waals surface area contributed by atoms with Crippen molar-refractivity contribution >= 4 is 51.2 Å². The summed E-state index contributed by atoms with van der Waals surface area (Å²) in [6.45, 7) is 1.95. The predicted molar refractivity (Wildman–Crippen MR) is 123 cm³/mol. The number of sulfone groups is 1. The standard InChI is InChI=1S/C22H22ClFN2O4S.ClH/c1-22(6-7-22)10-19(27)15-8-18-20(9-16(15)24)31(29,30)12-17(25)21(28)26(18)11-13-2-4-14(23)5-3-13;/h2-5,8-9,17H,6-7,10-12,25H2,1H3;1H/t17-;/m0./s1. The van der Waals surface area contributed by atoms with Gasteiger partial charge in [-0.3, -0.25) is 9.59 Å². The molecular weight excluding hydrogens is 478 g/mol. The number of halogens is 3. The Balaban J connectivity index is 0.00000289. The van der Waals surface area contributed by atoms with Crippen LogP contribution in [0.2, 0.25) is 5.02 Å². The van der Waals surface area contributed by atoms with Crippen LogP contribution in [-0.2, 0) is 21.2 Å². The molecule has 1 saturated carbocycles. The molecule has 2 N–H and O–H groups in total. The van der Waals surface area contributed by atoms with E-state index in [4.69, 9.17) is 17.3 Å². The van der Waals surface area contributed by atoms with Crippen molar-refractivity contribution in [2.45, 2.75) is 43.7 Å². The summed E-state index contributed by atoms with van der Waals surface area (Å²) in [5.74, 6) is -2.58. The number of Topliss-reactive ketones (excluding diaryl/α,β-unsaturated/α-hetero) is 1. The zero-order valence-corrected chi connectivity index (χ0v) is 19.7. The Labute approximate surface area is 197 Å². The maximum absolute atomic E-state index is 14.9. The monoisotopic (exact) mass is 500 g/mol. The summed E-state index contributed by atoms with van der Waals surface area (Å²) in [5, 5.41) is 0.508. The molecule has 10 heteroatoms. The number of rotatable bonds is 5. The van der Waals surface area contributed by atoms with Gasteiger partial charge in [0.25, 0.3) is 0 Å². The molecule has 1 heterocycles. The molecule has 1 aliphatic carbocycles. The summed E-state index contributed by atoms with van der Waals surface area (Å²) in [6.07, 6.45) is 1.94. The summed E-state index contributed by atoms with van der Waals surface area (Å²) in [4.78, 5) is 26.6. The second kappa shape index (κ2) is 8.74. The van der Waals surface area contributed by atoms with Crippen molar-refractivity contribution in [1.29, 1.82) is 0 Å². The highest BCUT2D eigenvalue weighted by atomic mass is 35.5. The van der Waals surface area contributed by atoms with E-state index in [2.05, 4.69) is 0 Å². The normalized spacial score (nSPS) is 20.7. The van der Waals surface area contributed by atoms with Crippen LogP contribution in [0.15, 0.2) is 41.3 Å². The first kappa shape index (κ1) is 24.6. The topological polar surface area (TPSA) is 97.5 Å². The Morgan fingerprint density at radius 3 is 2.47 bits per heavy atom. The molecule has 0 aromatic heterocycles. The van der Waals surface area contributed by atoms with Gasteiger partial charge in [0.1, 0.15) is 5.82 Å². The number of nitrogens with zero attached hydrogens (tertiary/aromatic N) is 1. The Morgan fingerprint density at radius 2 is 1.88 bits per heavy atom. The van der Waals surface area contributed by atoms with Gasteiger partial charge in [0.15, 0.2) is 15.6 Å². The Hall–Kier alpha value is -2.00. The van der Waals surface area contributed by atoms with Crippen molar-refractivity contribution in [2.75, 3.05) is 10.7 Å². The van der Waals surface area contributed by atoms with Gasteiger partial charge in [-0.15, -0.1) is 12.4 Å². The number of benzene rings is 2. The van der Waals surface area contributed by atoms with Gasteiger partial charge in [-0.25, -0.2) is 12.8 Å². The lowest BCUT2D eigenvalue weighted by Crippen LogP contribution is -2.45. The summed E-state index contributed by atoms with van der Waals surface area (Å²) in [5.41, 5.74) is 6.16. The quantitative estimate of drug-likeness (QED) is 0.627. The van der Waals surface area contributed by atoms with E-state index in [1.54, 1.807) is 24.3 Å². The molecule has 1 atom stereocenters. The maximum atomic E-state index is 14.9. The second-order valence-electron chi connectivity index (χ2n) is 8.65. The molecule has 2 aliphatic rings. The zero-order valence-electron chi connectivity index (χ0n) is 17.3. The van der Waals surface area contributed by atoms with E-state index in [-0.39, 0.29) is 46.9 Å². The Morgan fingerprint density at radius 1 is 1.25 bits per heavy atom. The number of anilines is 1. The van der Waals surface area contributed by atoms with Crippen molar-refractivity contribution in [2.24, 2.45) is 11.1 Å². The maximum Gasteiger partial charge on any atom is 0.245 e. The van der Waals surface area contributed by atoms with Gasteiger partial charge in [0.05, 0.1) is 34.5 Å². The summed E-state index contributed by atoms with van der Waals surface area (Å²) >= 11 is 5.92. The molecule has 32 heavy (non-hydrogen) atoms. The van der Waals surface area contributed by atoms with E-state index >= 15 is 0 Å². The first-order chi connectivity index (χ1) is 14.5. The zero-order chi connectivity index (χ0) is 22.6. The summed E-state index contributed by atoms with van der Waals surface area (Å²) in [7, 11) is -4.04. The molecule has 172 valence electrons. The fraction of sp³-hybridized carbons (Fsp3) is 0.364. The lowest BCUT2D eigenvalue weighted by atomic mass is 9.96. The molecule has 0 saturated heterocycles. The van der Waals surface area contributed by atoms with Crippen molar-refractivity contribution in [3.8, 4) is 0 Å². The molecule has 2 aromatic rings. The highest BCUT2D eigenvalue weighted by Crippen LogP contribution is 2.49. The van der Waals surface area contributed by atoms with E-state index in [9.17, 15) is 22.4 Å². The van der Waals surface area contributed by atoms with Gasteiger partial charge in [-0.2, -0.15) is 0 Å². The van der Waals surface area contributed by atoms with Crippen LogP contribution in [0, 0.1) is 11.2 Å². The number of nitrogens with two attached hydrogens (primary N) is 1. The number of hydrogen-bond acceptors (Lipinski definition) is 5. The third-order valence-corrected chi connectivity index (χ3v) is 7.95. The van der Waals surface area contributed by atoms with E-state index in [1.165, 1.54) is 11.0 Å². The van der Waals surface area contributed by atoms with Gasteiger partial charge in [0, 0.05) is 11.4 Å². The van der Waals surface area contributed by atoms with Crippen LogP contribution in [0.25, 0.3) is 0 Å². The van der Waals surface area contributed by atoms with Crippen molar-refractivity contribution in [1.82, 2.24) is 0 Å². The molecule has 2 aromatic carbocycles. The molecule has 6 nitrogen and oxygen atoms in total. The van der Waals surface area contributed by atoms with Gasteiger partial charge >= 0.3 is 0 Å². The van der Waals surface area contributed by atoms with Crippen molar-refractivity contribution in [3.05, 3.63) is 58.4 Å².